The highest BCUT2D eigenvalue weighted by Gasteiger charge is 2.28. The maximum absolute atomic E-state index is 13.1. The number of aromatic nitrogens is 1. The summed E-state index contributed by atoms with van der Waals surface area (Å²) in [5, 5.41) is 5.77. The van der Waals surface area contributed by atoms with Crippen molar-refractivity contribution in [1.29, 1.82) is 0 Å². The van der Waals surface area contributed by atoms with Gasteiger partial charge in [-0.15, -0.1) is 0 Å². The Kier molecular flexibility index (Phi) is 6.54. The quantitative estimate of drug-likeness (QED) is 0.615. The van der Waals surface area contributed by atoms with E-state index in [2.05, 4.69) is 15.6 Å². The number of anilines is 1. The van der Waals surface area contributed by atoms with Gasteiger partial charge in [-0.25, -0.2) is 9.78 Å². The monoisotopic (exact) mass is 432 g/mol. The number of carbonyl (C=O) groups excluding carboxylic acids is 2. The molecule has 1 aliphatic heterocycles. The van der Waals surface area contributed by atoms with Gasteiger partial charge >= 0.3 is 6.03 Å². The molecule has 0 aliphatic carbocycles. The van der Waals surface area contributed by atoms with Crippen molar-refractivity contribution in [2.24, 2.45) is 5.92 Å². The number of hydrogen-bond donors (Lipinski definition) is 2. The van der Waals surface area contributed by atoms with Crippen molar-refractivity contribution in [2.45, 2.75) is 26.7 Å². The average Bonchev–Trinajstić information content (AvgIpc) is 3.21. The van der Waals surface area contributed by atoms with Crippen molar-refractivity contribution in [2.75, 3.05) is 25.0 Å². The van der Waals surface area contributed by atoms with Crippen molar-refractivity contribution in [3.8, 4) is 11.5 Å². The number of oxazole rings is 1. The van der Waals surface area contributed by atoms with E-state index in [1.54, 1.807) is 6.92 Å². The molecule has 7 heteroatoms. The Morgan fingerprint density at radius 2 is 1.84 bits per heavy atom. The van der Waals surface area contributed by atoms with Crippen LogP contribution in [-0.2, 0) is 0 Å². The Morgan fingerprint density at radius 1 is 1.09 bits per heavy atom. The van der Waals surface area contributed by atoms with Crippen LogP contribution in [-0.4, -0.2) is 41.5 Å². The average molecular weight is 433 g/mol. The molecule has 2 aromatic carbocycles. The van der Waals surface area contributed by atoms with E-state index in [0.717, 1.165) is 29.7 Å². The van der Waals surface area contributed by atoms with Gasteiger partial charge in [-0.1, -0.05) is 35.9 Å². The molecule has 1 unspecified atom stereocenters. The number of hydrogen-bond acceptors (Lipinski definition) is 4. The molecule has 32 heavy (non-hydrogen) atoms. The van der Waals surface area contributed by atoms with Crippen LogP contribution < -0.4 is 10.6 Å². The number of nitrogens with zero attached hydrogens (tertiary/aromatic N) is 2. The minimum atomic E-state index is -0.239. The zero-order chi connectivity index (χ0) is 22.5. The minimum Gasteiger partial charge on any atom is -0.441 e. The van der Waals surface area contributed by atoms with Crippen LogP contribution >= 0.6 is 0 Å². The highest BCUT2D eigenvalue weighted by Crippen LogP contribution is 2.24. The fraction of sp³-hybridized carbons (Fsp3) is 0.320. The van der Waals surface area contributed by atoms with E-state index < -0.39 is 0 Å². The van der Waals surface area contributed by atoms with Crippen LogP contribution in [0.3, 0.4) is 0 Å². The first-order valence-electron chi connectivity index (χ1n) is 10.9. The third-order valence-electron chi connectivity index (χ3n) is 5.69. The molecule has 0 radical (unpaired) electrons. The summed E-state index contributed by atoms with van der Waals surface area (Å²) in [4.78, 5) is 31.6. The lowest BCUT2D eigenvalue weighted by Gasteiger charge is -2.32. The van der Waals surface area contributed by atoms with Crippen LogP contribution in [0.15, 0.2) is 59.0 Å². The summed E-state index contributed by atoms with van der Waals surface area (Å²) in [6.07, 6.45) is 1.85. The first-order chi connectivity index (χ1) is 15.5. The third kappa shape index (κ3) is 5.17. The number of urea groups is 1. The largest absolute Gasteiger partial charge is 0.441 e. The minimum absolute atomic E-state index is 0.123. The van der Waals surface area contributed by atoms with E-state index in [1.165, 1.54) is 0 Å². The summed E-state index contributed by atoms with van der Waals surface area (Å²) >= 11 is 0. The van der Waals surface area contributed by atoms with Crippen molar-refractivity contribution < 1.29 is 14.0 Å². The number of piperidine rings is 1. The van der Waals surface area contributed by atoms with Gasteiger partial charge in [-0.3, -0.25) is 4.79 Å². The summed E-state index contributed by atoms with van der Waals surface area (Å²) in [7, 11) is 0. The zero-order valence-electron chi connectivity index (χ0n) is 18.4. The second-order valence-corrected chi connectivity index (χ2v) is 8.25. The molecule has 0 spiro atoms. The number of carbonyl (C=O) groups is 2. The van der Waals surface area contributed by atoms with E-state index in [0.29, 0.717) is 37.0 Å². The number of rotatable bonds is 5. The van der Waals surface area contributed by atoms with Crippen molar-refractivity contribution in [3.05, 3.63) is 71.6 Å². The molecule has 1 saturated heterocycles. The van der Waals surface area contributed by atoms with Crippen LogP contribution in [0.25, 0.3) is 11.5 Å². The van der Waals surface area contributed by atoms with Crippen LogP contribution in [0.4, 0.5) is 10.5 Å². The fourth-order valence-corrected chi connectivity index (χ4v) is 3.91. The van der Waals surface area contributed by atoms with Gasteiger partial charge in [-0.2, -0.15) is 0 Å². The van der Waals surface area contributed by atoms with Gasteiger partial charge in [-0.05, 0) is 56.9 Å². The van der Waals surface area contributed by atoms with Crippen LogP contribution in [0, 0.1) is 19.8 Å². The second-order valence-electron chi connectivity index (χ2n) is 8.25. The highest BCUT2D eigenvalue weighted by atomic mass is 16.4. The maximum atomic E-state index is 13.1. The van der Waals surface area contributed by atoms with E-state index in [4.69, 9.17) is 4.42 Å². The van der Waals surface area contributed by atoms with Crippen LogP contribution in [0.1, 0.15) is 34.7 Å². The van der Waals surface area contributed by atoms with Crippen molar-refractivity contribution in [1.82, 2.24) is 15.2 Å². The number of amides is 3. The summed E-state index contributed by atoms with van der Waals surface area (Å²) in [6, 6.07) is 17.0. The van der Waals surface area contributed by atoms with E-state index in [9.17, 15) is 9.59 Å². The Morgan fingerprint density at radius 3 is 2.59 bits per heavy atom. The number of aryl methyl sites for hydroxylation is 2. The van der Waals surface area contributed by atoms with Crippen molar-refractivity contribution >= 4 is 17.6 Å². The lowest BCUT2D eigenvalue weighted by Crippen LogP contribution is -2.44. The Labute approximate surface area is 187 Å². The van der Waals surface area contributed by atoms with Crippen molar-refractivity contribution in [3.63, 3.8) is 0 Å². The van der Waals surface area contributed by atoms with Gasteiger partial charge in [0.1, 0.15) is 5.76 Å². The van der Waals surface area contributed by atoms with E-state index >= 15 is 0 Å². The molecule has 166 valence electrons. The molecule has 7 nitrogen and oxygen atoms in total. The van der Waals surface area contributed by atoms with Gasteiger partial charge in [0.15, 0.2) is 5.69 Å². The molecule has 1 atom stereocenters. The smallest absolute Gasteiger partial charge is 0.319 e. The van der Waals surface area contributed by atoms with Gasteiger partial charge in [0.25, 0.3) is 5.91 Å². The third-order valence-corrected chi connectivity index (χ3v) is 5.69. The molecule has 0 saturated carbocycles. The van der Waals surface area contributed by atoms with Crippen LogP contribution in [0.5, 0.6) is 0 Å². The summed E-state index contributed by atoms with van der Waals surface area (Å²) in [5.74, 6) is 1.04. The fourth-order valence-electron chi connectivity index (χ4n) is 3.91. The molecule has 1 aromatic heterocycles. The number of nitrogens with one attached hydrogen (secondary N) is 2. The molecule has 1 fully saturated rings. The lowest BCUT2D eigenvalue weighted by molar-refractivity contribution is 0.0668. The second kappa shape index (κ2) is 9.68. The van der Waals surface area contributed by atoms with Gasteiger partial charge in [0.05, 0.1) is 0 Å². The maximum Gasteiger partial charge on any atom is 0.319 e. The zero-order valence-corrected chi connectivity index (χ0v) is 18.4. The lowest BCUT2D eigenvalue weighted by atomic mass is 9.97. The standard InChI is InChI=1S/C25H28N4O3/c1-17-10-12-21(13-11-17)27-25(31)26-15-19-7-6-14-29(16-19)24(30)22-18(2)32-23(28-22)20-8-4-3-5-9-20/h3-5,8-13,19H,6-7,14-16H2,1-2H3,(H2,26,27,31). The molecule has 1 aliphatic rings. The van der Waals surface area contributed by atoms with Gasteiger partial charge < -0.3 is 20.0 Å². The van der Waals surface area contributed by atoms with E-state index in [-0.39, 0.29) is 17.9 Å². The summed E-state index contributed by atoms with van der Waals surface area (Å²) < 4.78 is 5.76. The SMILES string of the molecule is Cc1ccc(NC(=O)NCC2CCCN(C(=O)c3nc(-c4ccccc4)oc3C)C2)cc1. The topological polar surface area (TPSA) is 87.5 Å². The molecule has 3 aromatic rings. The Balaban J connectivity index is 1.33. The van der Waals surface area contributed by atoms with E-state index in [1.807, 2.05) is 66.4 Å². The van der Waals surface area contributed by atoms with Gasteiger partial charge in [0.2, 0.25) is 5.89 Å². The molecule has 3 amide bonds. The molecule has 2 heterocycles. The highest BCUT2D eigenvalue weighted by molar-refractivity contribution is 5.94. The summed E-state index contributed by atoms with van der Waals surface area (Å²) in [6.45, 7) is 5.54. The van der Waals surface area contributed by atoms with Gasteiger partial charge in [0, 0.05) is 30.9 Å². The Hall–Kier alpha value is -3.61. The predicted octanol–water partition coefficient (Wildman–Crippen LogP) is 4.63. The molecule has 4 rings (SSSR count). The molecular weight excluding hydrogens is 404 g/mol. The first kappa shape index (κ1) is 21.6. The molecule has 0 bridgehead atoms. The number of likely N-dealkylation sites (tertiary alicyclic amines) is 1. The normalized spacial score (nSPS) is 15.9. The number of benzene rings is 2. The van der Waals surface area contributed by atoms with Crippen LogP contribution in [0.2, 0.25) is 0 Å². The Bertz CT molecular complexity index is 1080. The molecule has 2 N–H and O–H groups in total. The summed E-state index contributed by atoms with van der Waals surface area (Å²) in [5.41, 5.74) is 3.09. The first-order valence-corrected chi connectivity index (χ1v) is 10.9. The molecular formula is C25H28N4O3. The predicted molar refractivity (Wildman–Crippen MR) is 124 cm³/mol.